The van der Waals surface area contributed by atoms with Crippen LogP contribution in [0.3, 0.4) is 0 Å². The van der Waals surface area contributed by atoms with Gasteiger partial charge in [0.15, 0.2) is 0 Å². The average Bonchev–Trinajstić information content (AvgIpc) is 2.12. The monoisotopic (exact) mass is 215 g/mol. The third-order valence-electron chi connectivity index (χ3n) is 2.94. The highest BCUT2D eigenvalue weighted by Crippen LogP contribution is 2.30. The van der Waals surface area contributed by atoms with Crippen LogP contribution in [0.1, 0.15) is 26.2 Å². The van der Waals surface area contributed by atoms with Crippen LogP contribution in [0.25, 0.3) is 0 Å². The molecule has 0 saturated heterocycles. The molecule has 0 radical (unpaired) electrons. The highest BCUT2D eigenvalue weighted by atomic mass is 32.2. The van der Waals surface area contributed by atoms with E-state index in [-0.39, 0.29) is 0 Å². The molecule has 0 aromatic heterocycles. The van der Waals surface area contributed by atoms with E-state index in [1.807, 2.05) is 11.8 Å². The van der Waals surface area contributed by atoms with Crippen molar-refractivity contribution in [1.82, 2.24) is 0 Å². The fourth-order valence-corrected chi connectivity index (χ4v) is 3.06. The van der Waals surface area contributed by atoms with Crippen LogP contribution in [-0.2, 0) is 0 Å². The molecule has 74 valence electrons. The molecule has 0 bridgehead atoms. The summed E-state index contributed by atoms with van der Waals surface area (Å²) < 4.78 is 0. The molecule has 0 N–H and O–H groups in total. The zero-order chi connectivity index (χ0) is 9.68. The molecule has 0 fully saturated rings. The van der Waals surface area contributed by atoms with E-state index in [1.165, 1.54) is 31.3 Å². The minimum Gasteiger partial charge on any atom is -0.283 e. The summed E-state index contributed by atoms with van der Waals surface area (Å²) in [6.07, 6.45) is 5.93. The fraction of sp³-hybridized carbons (Fsp3) is 0.889. The third-order valence-corrected chi connectivity index (χ3v) is 4.35. The molecular formula is C9H19BNPS. The molecule has 0 saturated carbocycles. The first-order valence-corrected chi connectivity index (χ1v) is 7.09. The van der Waals surface area contributed by atoms with Crippen LogP contribution in [0.5, 0.6) is 0 Å². The minimum atomic E-state index is 0.852. The zero-order valence-corrected chi connectivity index (χ0v) is 10.6. The molecule has 1 aliphatic rings. The minimum absolute atomic E-state index is 0.852. The van der Waals surface area contributed by atoms with E-state index in [2.05, 4.69) is 27.3 Å². The van der Waals surface area contributed by atoms with Crippen molar-refractivity contribution in [3.8, 4) is 0 Å². The third kappa shape index (κ3) is 3.63. The van der Waals surface area contributed by atoms with E-state index >= 15 is 0 Å². The largest absolute Gasteiger partial charge is 0.283 e. The van der Waals surface area contributed by atoms with Crippen molar-refractivity contribution in [3.05, 3.63) is 0 Å². The van der Waals surface area contributed by atoms with Gasteiger partial charge in [-0.1, -0.05) is 19.2 Å². The van der Waals surface area contributed by atoms with Crippen molar-refractivity contribution in [1.29, 1.82) is 0 Å². The quantitative estimate of drug-likeness (QED) is 0.483. The van der Waals surface area contributed by atoms with Crippen molar-refractivity contribution in [2.75, 3.05) is 12.8 Å². The second-order valence-electron chi connectivity index (χ2n) is 3.78. The number of nitrogens with zero attached hydrogens (tertiary/aromatic N) is 1. The Morgan fingerprint density at radius 1 is 1.54 bits per heavy atom. The SMILES string of the molecule is CS/C1=N/CCC(C)C(BP)CC1. The van der Waals surface area contributed by atoms with Crippen LogP contribution in [0.15, 0.2) is 4.99 Å². The summed E-state index contributed by atoms with van der Waals surface area (Å²) >= 11 is 1.83. The van der Waals surface area contributed by atoms with E-state index in [0.717, 1.165) is 18.3 Å². The smallest absolute Gasteiger partial charge is 0.148 e. The van der Waals surface area contributed by atoms with Gasteiger partial charge in [0.2, 0.25) is 0 Å². The normalized spacial score (nSPS) is 34.2. The summed E-state index contributed by atoms with van der Waals surface area (Å²) in [6.45, 7) is 4.66. The molecule has 0 aromatic carbocycles. The summed E-state index contributed by atoms with van der Waals surface area (Å²) in [5, 5.41) is 1.36. The van der Waals surface area contributed by atoms with Crippen LogP contribution in [0, 0.1) is 5.92 Å². The lowest BCUT2D eigenvalue weighted by Crippen LogP contribution is -2.14. The Bertz CT molecular complexity index is 186. The predicted octanol–water partition coefficient (Wildman–Crippen LogP) is 2.58. The van der Waals surface area contributed by atoms with E-state index in [0.29, 0.717) is 0 Å². The van der Waals surface area contributed by atoms with Gasteiger partial charge in [-0.15, -0.1) is 11.8 Å². The summed E-state index contributed by atoms with van der Waals surface area (Å²) in [4.78, 5) is 4.59. The van der Waals surface area contributed by atoms with Crippen molar-refractivity contribution in [2.45, 2.75) is 32.0 Å². The number of aliphatic imine (C=N–C) groups is 1. The molecule has 1 heterocycles. The highest BCUT2D eigenvalue weighted by molar-refractivity contribution is 8.13. The van der Waals surface area contributed by atoms with Crippen molar-refractivity contribution in [2.24, 2.45) is 10.9 Å². The molecule has 0 aliphatic carbocycles. The molecule has 13 heavy (non-hydrogen) atoms. The maximum atomic E-state index is 4.59. The molecule has 3 atom stereocenters. The summed E-state index contributed by atoms with van der Waals surface area (Å²) in [6, 6.07) is 0. The van der Waals surface area contributed by atoms with Gasteiger partial charge in [-0.25, -0.2) is 0 Å². The first-order chi connectivity index (χ1) is 6.27. The van der Waals surface area contributed by atoms with Crippen LogP contribution >= 0.6 is 20.9 Å². The average molecular weight is 215 g/mol. The lowest BCUT2D eigenvalue weighted by molar-refractivity contribution is 0.479. The van der Waals surface area contributed by atoms with Crippen LogP contribution in [0.4, 0.5) is 0 Å². The maximum Gasteiger partial charge on any atom is 0.148 e. The number of rotatable bonds is 1. The molecule has 0 spiro atoms. The van der Waals surface area contributed by atoms with Gasteiger partial charge in [0.25, 0.3) is 0 Å². The first-order valence-electron chi connectivity index (χ1n) is 5.05. The molecular weight excluding hydrogens is 196 g/mol. The summed E-state index contributed by atoms with van der Waals surface area (Å²) in [5.41, 5.74) is 0. The second-order valence-corrected chi connectivity index (χ2v) is 5.13. The Morgan fingerprint density at radius 3 is 2.92 bits per heavy atom. The van der Waals surface area contributed by atoms with E-state index in [9.17, 15) is 0 Å². The molecule has 1 nitrogen and oxygen atoms in total. The van der Waals surface area contributed by atoms with Gasteiger partial charge in [0.05, 0.1) is 5.04 Å². The van der Waals surface area contributed by atoms with Crippen LogP contribution in [-0.4, -0.2) is 24.8 Å². The molecule has 1 rings (SSSR count). The Hall–Kier alpha value is 0.515. The van der Waals surface area contributed by atoms with Gasteiger partial charge in [0.1, 0.15) is 7.00 Å². The van der Waals surface area contributed by atoms with Crippen molar-refractivity contribution >= 4 is 32.9 Å². The molecule has 3 unspecified atom stereocenters. The Kier molecular flexibility index (Phi) is 5.42. The second kappa shape index (κ2) is 6.08. The highest BCUT2D eigenvalue weighted by Gasteiger charge is 2.18. The van der Waals surface area contributed by atoms with Gasteiger partial charge in [-0.3, -0.25) is 4.99 Å². The molecule has 0 amide bonds. The summed E-state index contributed by atoms with van der Waals surface area (Å²) in [5.74, 6) is 1.74. The Morgan fingerprint density at radius 2 is 2.31 bits per heavy atom. The lowest BCUT2D eigenvalue weighted by Gasteiger charge is -2.23. The Balaban J connectivity index is 2.53. The number of hydrogen-bond donors (Lipinski definition) is 0. The Labute approximate surface area is 88.9 Å². The van der Waals surface area contributed by atoms with Gasteiger partial charge in [0, 0.05) is 6.54 Å². The van der Waals surface area contributed by atoms with Gasteiger partial charge in [-0.05, 0) is 25.0 Å². The molecule has 4 heteroatoms. The zero-order valence-electron chi connectivity index (χ0n) is 8.62. The first kappa shape index (κ1) is 11.6. The van der Waals surface area contributed by atoms with E-state index in [1.54, 1.807) is 0 Å². The fourth-order valence-electron chi connectivity index (χ4n) is 1.82. The maximum absolute atomic E-state index is 4.59. The lowest BCUT2D eigenvalue weighted by atomic mass is 9.71. The number of thioether (sulfide) groups is 1. The molecule has 0 aromatic rings. The van der Waals surface area contributed by atoms with Crippen LogP contribution < -0.4 is 0 Å². The van der Waals surface area contributed by atoms with Crippen molar-refractivity contribution < 1.29 is 0 Å². The topological polar surface area (TPSA) is 12.4 Å². The number of hydrogen-bond acceptors (Lipinski definition) is 2. The van der Waals surface area contributed by atoms with E-state index in [4.69, 9.17) is 0 Å². The predicted molar refractivity (Wildman–Crippen MR) is 69.4 cm³/mol. The van der Waals surface area contributed by atoms with Gasteiger partial charge >= 0.3 is 0 Å². The van der Waals surface area contributed by atoms with Crippen LogP contribution in [0.2, 0.25) is 5.82 Å². The molecule has 1 aliphatic heterocycles. The standard InChI is InChI=1S/C9H19BNPS/c1-7-5-6-11-9(13-2)4-3-8(7)10-12/h7-8,10H,3-6,12H2,1-2H3/b11-9+. The van der Waals surface area contributed by atoms with Gasteiger partial charge < -0.3 is 0 Å². The van der Waals surface area contributed by atoms with Gasteiger partial charge in [-0.2, -0.15) is 9.12 Å². The van der Waals surface area contributed by atoms with E-state index < -0.39 is 0 Å². The van der Waals surface area contributed by atoms with Crippen molar-refractivity contribution in [3.63, 3.8) is 0 Å². The summed E-state index contributed by atoms with van der Waals surface area (Å²) in [7, 11) is 2.89.